The summed E-state index contributed by atoms with van der Waals surface area (Å²) in [6, 6.07) is 15.7. The first-order valence-corrected chi connectivity index (χ1v) is 9.97. The standard InChI is InChI=1S/C24H24N2O3/c1-3-29-24(28)21-15(2)26-19-13-17(16-9-5-4-6-10-16)14-20(27)22(19)23(21)18-11-7-8-12-25-18/h4-12,17,23,26H,3,13-14H2,1-2H3/t17-,23-/m0/s1. The molecule has 2 aromatic rings. The largest absolute Gasteiger partial charge is 0.463 e. The maximum absolute atomic E-state index is 13.3. The first-order valence-electron chi connectivity index (χ1n) is 9.97. The van der Waals surface area contributed by atoms with E-state index >= 15 is 0 Å². The molecular formula is C24H24N2O3. The predicted molar refractivity (Wildman–Crippen MR) is 110 cm³/mol. The minimum absolute atomic E-state index is 0.0533. The molecule has 5 heteroatoms. The Bertz CT molecular complexity index is 993. The van der Waals surface area contributed by atoms with Crippen LogP contribution in [0.25, 0.3) is 0 Å². The van der Waals surface area contributed by atoms with Gasteiger partial charge in [-0.15, -0.1) is 0 Å². The van der Waals surface area contributed by atoms with Gasteiger partial charge in [0.05, 0.1) is 23.8 Å². The number of hydrogen-bond donors (Lipinski definition) is 1. The fraction of sp³-hybridized carbons (Fsp3) is 0.292. The third kappa shape index (κ3) is 3.60. The average Bonchev–Trinajstić information content (AvgIpc) is 2.74. The van der Waals surface area contributed by atoms with Crippen molar-refractivity contribution < 1.29 is 14.3 Å². The lowest BCUT2D eigenvalue weighted by Gasteiger charge is -2.36. The molecule has 29 heavy (non-hydrogen) atoms. The summed E-state index contributed by atoms with van der Waals surface area (Å²) < 4.78 is 5.31. The Kier molecular flexibility index (Phi) is 5.30. The van der Waals surface area contributed by atoms with Crippen molar-refractivity contribution in [1.29, 1.82) is 0 Å². The number of benzene rings is 1. The van der Waals surface area contributed by atoms with Gasteiger partial charge >= 0.3 is 5.97 Å². The molecule has 0 spiro atoms. The number of allylic oxidation sites excluding steroid dienone is 3. The Morgan fingerprint density at radius 2 is 1.90 bits per heavy atom. The van der Waals surface area contributed by atoms with E-state index in [-0.39, 0.29) is 18.3 Å². The second-order valence-corrected chi connectivity index (χ2v) is 7.40. The maximum Gasteiger partial charge on any atom is 0.336 e. The van der Waals surface area contributed by atoms with Crippen LogP contribution in [0.3, 0.4) is 0 Å². The number of rotatable bonds is 4. The van der Waals surface area contributed by atoms with Crippen molar-refractivity contribution in [3.8, 4) is 0 Å². The molecule has 2 atom stereocenters. The van der Waals surface area contributed by atoms with Gasteiger partial charge in [0.1, 0.15) is 0 Å². The van der Waals surface area contributed by atoms with E-state index in [0.717, 1.165) is 23.4 Å². The van der Waals surface area contributed by atoms with E-state index in [4.69, 9.17) is 4.74 Å². The van der Waals surface area contributed by atoms with Crippen molar-refractivity contribution in [2.24, 2.45) is 0 Å². The number of aromatic nitrogens is 1. The summed E-state index contributed by atoms with van der Waals surface area (Å²) in [6.45, 7) is 3.92. The SMILES string of the molecule is CCOC(=O)C1=C(C)NC2=C(C(=O)C[C@@H](c3ccccc3)C2)[C@H]1c1ccccn1. The number of nitrogens with one attached hydrogen (secondary N) is 1. The summed E-state index contributed by atoms with van der Waals surface area (Å²) in [5, 5.41) is 3.35. The average molecular weight is 388 g/mol. The zero-order valence-corrected chi connectivity index (χ0v) is 16.6. The van der Waals surface area contributed by atoms with Crippen LogP contribution < -0.4 is 5.32 Å². The van der Waals surface area contributed by atoms with Crippen LogP contribution in [0.1, 0.15) is 49.8 Å². The predicted octanol–water partition coefficient (Wildman–Crippen LogP) is 4.01. The van der Waals surface area contributed by atoms with Crippen LogP contribution in [0.4, 0.5) is 0 Å². The van der Waals surface area contributed by atoms with Crippen molar-refractivity contribution >= 4 is 11.8 Å². The summed E-state index contributed by atoms with van der Waals surface area (Å²) >= 11 is 0. The molecule has 4 rings (SSSR count). The number of carbonyl (C=O) groups is 2. The van der Waals surface area contributed by atoms with Crippen LogP contribution in [0.5, 0.6) is 0 Å². The molecule has 2 heterocycles. The molecule has 0 amide bonds. The molecule has 2 aliphatic rings. The summed E-state index contributed by atoms with van der Waals surface area (Å²) in [5.41, 5.74) is 4.56. The number of pyridine rings is 1. The zero-order chi connectivity index (χ0) is 20.4. The Hall–Kier alpha value is -3.21. The fourth-order valence-corrected chi connectivity index (χ4v) is 4.32. The summed E-state index contributed by atoms with van der Waals surface area (Å²) in [7, 11) is 0. The molecule has 0 radical (unpaired) electrons. The molecule has 5 nitrogen and oxygen atoms in total. The molecule has 1 N–H and O–H groups in total. The molecular weight excluding hydrogens is 364 g/mol. The molecule has 0 bridgehead atoms. The number of Topliss-reactive ketones (excluding diaryl/α,β-unsaturated/α-hetero) is 1. The Morgan fingerprint density at radius 3 is 2.59 bits per heavy atom. The van der Waals surface area contributed by atoms with Gasteiger partial charge in [0.15, 0.2) is 5.78 Å². The van der Waals surface area contributed by atoms with E-state index < -0.39 is 11.9 Å². The lowest BCUT2D eigenvalue weighted by atomic mass is 9.73. The van der Waals surface area contributed by atoms with Crippen LogP contribution in [0, 0.1) is 0 Å². The van der Waals surface area contributed by atoms with Crippen molar-refractivity contribution in [2.75, 3.05) is 6.61 Å². The van der Waals surface area contributed by atoms with Crippen molar-refractivity contribution in [3.05, 3.63) is 88.5 Å². The highest BCUT2D eigenvalue weighted by Crippen LogP contribution is 2.45. The minimum Gasteiger partial charge on any atom is -0.463 e. The van der Waals surface area contributed by atoms with E-state index in [9.17, 15) is 9.59 Å². The number of hydrogen-bond acceptors (Lipinski definition) is 5. The summed E-state index contributed by atoms with van der Waals surface area (Å²) in [6.07, 6.45) is 2.83. The number of dihydropyridines is 1. The molecule has 148 valence electrons. The summed E-state index contributed by atoms with van der Waals surface area (Å²) in [5.74, 6) is -0.734. The number of carbonyl (C=O) groups excluding carboxylic acids is 2. The number of ether oxygens (including phenoxy) is 1. The van der Waals surface area contributed by atoms with Gasteiger partial charge in [0.25, 0.3) is 0 Å². The molecule has 0 saturated heterocycles. The van der Waals surface area contributed by atoms with Gasteiger partial charge in [0.2, 0.25) is 0 Å². The summed E-state index contributed by atoms with van der Waals surface area (Å²) in [4.78, 5) is 30.6. The Labute approximate surface area is 170 Å². The highest BCUT2D eigenvalue weighted by Gasteiger charge is 2.41. The maximum atomic E-state index is 13.3. The first kappa shape index (κ1) is 19.1. The molecule has 0 saturated carbocycles. The Morgan fingerprint density at radius 1 is 1.14 bits per heavy atom. The van der Waals surface area contributed by atoms with Crippen molar-refractivity contribution in [3.63, 3.8) is 0 Å². The van der Waals surface area contributed by atoms with Crippen molar-refractivity contribution in [2.45, 2.75) is 38.5 Å². The quantitative estimate of drug-likeness (QED) is 0.802. The molecule has 1 aromatic carbocycles. The zero-order valence-electron chi connectivity index (χ0n) is 16.6. The van der Waals surface area contributed by atoms with Gasteiger partial charge in [-0.3, -0.25) is 9.78 Å². The van der Waals surface area contributed by atoms with E-state index in [1.54, 1.807) is 13.1 Å². The molecule has 1 aliphatic heterocycles. The van der Waals surface area contributed by atoms with Crippen LogP contribution in [-0.4, -0.2) is 23.3 Å². The Balaban J connectivity index is 1.79. The van der Waals surface area contributed by atoms with Gasteiger partial charge in [-0.1, -0.05) is 36.4 Å². The first-order chi connectivity index (χ1) is 14.1. The van der Waals surface area contributed by atoms with Crippen LogP contribution in [0.15, 0.2) is 77.3 Å². The van der Waals surface area contributed by atoms with Gasteiger partial charge in [0, 0.05) is 29.6 Å². The molecule has 0 unspecified atom stereocenters. The van der Waals surface area contributed by atoms with E-state index in [2.05, 4.69) is 22.4 Å². The third-order valence-corrected chi connectivity index (χ3v) is 5.58. The van der Waals surface area contributed by atoms with Crippen LogP contribution in [0.2, 0.25) is 0 Å². The fourth-order valence-electron chi connectivity index (χ4n) is 4.32. The lowest BCUT2D eigenvalue weighted by molar-refractivity contribution is -0.138. The number of nitrogens with zero attached hydrogens (tertiary/aromatic N) is 1. The highest BCUT2D eigenvalue weighted by molar-refractivity contribution is 6.04. The van der Waals surface area contributed by atoms with Gasteiger partial charge < -0.3 is 10.1 Å². The third-order valence-electron chi connectivity index (χ3n) is 5.58. The van der Waals surface area contributed by atoms with Crippen molar-refractivity contribution in [1.82, 2.24) is 10.3 Å². The van der Waals surface area contributed by atoms with Gasteiger partial charge in [-0.2, -0.15) is 0 Å². The van der Waals surface area contributed by atoms with Crippen LogP contribution in [-0.2, 0) is 14.3 Å². The second-order valence-electron chi connectivity index (χ2n) is 7.40. The monoisotopic (exact) mass is 388 g/mol. The highest BCUT2D eigenvalue weighted by atomic mass is 16.5. The molecule has 0 fully saturated rings. The smallest absolute Gasteiger partial charge is 0.336 e. The molecule has 1 aliphatic carbocycles. The number of esters is 1. The molecule has 1 aromatic heterocycles. The minimum atomic E-state index is -0.504. The number of ketones is 1. The normalized spacial score (nSPS) is 21.5. The van der Waals surface area contributed by atoms with E-state index in [1.807, 2.05) is 43.3 Å². The van der Waals surface area contributed by atoms with E-state index in [0.29, 0.717) is 23.3 Å². The van der Waals surface area contributed by atoms with E-state index in [1.165, 1.54) is 0 Å². The topological polar surface area (TPSA) is 68.3 Å². The second kappa shape index (κ2) is 8.03. The van der Waals surface area contributed by atoms with Gasteiger partial charge in [-0.05, 0) is 43.9 Å². The lowest BCUT2D eigenvalue weighted by Crippen LogP contribution is -2.36. The van der Waals surface area contributed by atoms with Crippen LogP contribution >= 0.6 is 0 Å². The van der Waals surface area contributed by atoms with Gasteiger partial charge in [-0.25, -0.2) is 4.79 Å².